The lowest BCUT2D eigenvalue weighted by atomic mass is 10.2. The number of anilines is 6. The molecule has 44 heavy (non-hydrogen) atoms. The highest BCUT2D eigenvalue weighted by Gasteiger charge is 2.25. The van der Waals surface area contributed by atoms with Gasteiger partial charge in [0.05, 0.1) is 26.5 Å². The molecule has 0 radical (unpaired) electrons. The van der Waals surface area contributed by atoms with Gasteiger partial charge in [-0.2, -0.15) is 31.8 Å². The predicted octanol–water partition coefficient (Wildman–Crippen LogP) is 5.03. The summed E-state index contributed by atoms with van der Waals surface area (Å²) in [5.41, 5.74) is -1.58. The van der Waals surface area contributed by atoms with Crippen LogP contribution in [0.3, 0.4) is 0 Å². The lowest BCUT2D eigenvalue weighted by Crippen LogP contribution is -2.08. The minimum atomic E-state index is -4.86. The Morgan fingerprint density at radius 1 is 0.705 bits per heavy atom. The highest BCUT2D eigenvalue weighted by atomic mass is 35.5. The molecule has 22 heteroatoms. The Hall–Kier alpha value is -4.73. The molecular weight excluding hydrogens is 671 g/mol. The van der Waals surface area contributed by atoms with Crippen molar-refractivity contribution in [2.24, 2.45) is 0 Å². The molecule has 5 N–H and O–H groups in total. The first kappa shape index (κ1) is 32.2. The molecule has 0 spiro atoms. The van der Waals surface area contributed by atoms with Crippen LogP contribution in [0.2, 0.25) is 10.3 Å². The van der Waals surface area contributed by atoms with E-state index in [9.17, 15) is 46.2 Å². The van der Waals surface area contributed by atoms with E-state index in [-0.39, 0.29) is 50.4 Å². The molecule has 0 bridgehead atoms. The third kappa shape index (κ3) is 7.42. The molecule has 0 aliphatic heterocycles. The van der Waals surface area contributed by atoms with Crippen molar-refractivity contribution in [2.75, 3.05) is 16.0 Å². The van der Waals surface area contributed by atoms with Crippen LogP contribution in [0, 0.1) is 27.2 Å². The number of nitrogens with zero attached hydrogens (tertiary/aromatic N) is 5. The number of hydrogen-bond acceptors (Lipinski definition) is 14. The van der Waals surface area contributed by atoms with Crippen molar-refractivity contribution in [3.8, 4) is 0 Å². The van der Waals surface area contributed by atoms with Crippen LogP contribution in [0.15, 0.2) is 58.3 Å². The zero-order valence-corrected chi connectivity index (χ0v) is 24.7. The van der Waals surface area contributed by atoms with Gasteiger partial charge in [-0.25, -0.2) is 0 Å². The molecule has 0 aliphatic carbocycles. The van der Waals surface area contributed by atoms with Crippen LogP contribution in [0.5, 0.6) is 0 Å². The van der Waals surface area contributed by atoms with Crippen LogP contribution < -0.4 is 16.0 Å². The van der Waals surface area contributed by atoms with Gasteiger partial charge in [-0.1, -0.05) is 11.6 Å². The Balaban J connectivity index is 1.70. The number of benzene rings is 3. The second-order valence-corrected chi connectivity index (χ2v) is 12.1. The van der Waals surface area contributed by atoms with E-state index < -0.39 is 51.4 Å². The zero-order valence-electron chi connectivity index (χ0n) is 21.6. The second-order valence-electron chi connectivity index (χ2n) is 8.60. The monoisotopic (exact) mass is 686 g/mol. The maximum Gasteiger partial charge on any atom is 0.299 e. The SMILES string of the molecule is Cc1cc(Nc2nc(Cl)nc(Nc3cc(Nc4cc(Cl)c([N+](=O)[O-])cc4[N+](=O)[O-])ccc3S(=O)(=O)O)n2)ccc1S(=O)(=O)O. The summed E-state index contributed by atoms with van der Waals surface area (Å²) in [6, 6.07) is 8.57. The third-order valence-corrected chi connectivity index (χ3v) is 7.96. The van der Waals surface area contributed by atoms with Gasteiger partial charge in [0.1, 0.15) is 15.6 Å². The molecule has 0 atom stereocenters. The molecule has 0 fully saturated rings. The van der Waals surface area contributed by atoms with Crippen LogP contribution in [0.1, 0.15) is 5.56 Å². The lowest BCUT2D eigenvalue weighted by Gasteiger charge is -2.14. The molecule has 1 aromatic heterocycles. The van der Waals surface area contributed by atoms with Gasteiger partial charge in [-0.3, -0.25) is 29.3 Å². The number of hydrogen-bond donors (Lipinski definition) is 5. The molecule has 18 nitrogen and oxygen atoms in total. The van der Waals surface area contributed by atoms with Gasteiger partial charge in [-0.15, -0.1) is 0 Å². The molecular formula is C22H16Cl2N8O10S2. The van der Waals surface area contributed by atoms with Crippen molar-refractivity contribution in [1.82, 2.24) is 15.0 Å². The first-order valence-corrected chi connectivity index (χ1v) is 15.1. The average Bonchev–Trinajstić information content (AvgIpc) is 2.86. The standard InChI is InChI=1S/C22H16Cl2N8O10S2/c1-10-6-11(2-4-18(10)43(37,38)39)26-21-28-20(24)29-22(30-21)27-15-7-12(3-5-19(15)44(40,41)42)25-14-8-13(23)16(31(33)34)9-17(14)32(35)36/h2-9,25H,1H3,(H,37,38,39)(H,40,41,42)(H2,26,27,28,29,30). The third-order valence-electron chi connectivity index (χ3n) is 5.56. The van der Waals surface area contributed by atoms with Crippen molar-refractivity contribution < 1.29 is 35.8 Å². The number of aryl methyl sites for hydroxylation is 1. The smallest absolute Gasteiger partial charge is 0.299 e. The highest BCUT2D eigenvalue weighted by molar-refractivity contribution is 7.86. The van der Waals surface area contributed by atoms with E-state index in [1.807, 2.05) is 0 Å². The van der Waals surface area contributed by atoms with E-state index in [0.717, 1.165) is 30.3 Å². The summed E-state index contributed by atoms with van der Waals surface area (Å²) >= 11 is 11.9. The predicted molar refractivity (Wildman–Crippen MR) is 157 cm³/mol. The van der Waals surface area contributed by atoms with Gasteiger partial charge in [0.2, 0.25) is 17.2 Å². The maximum absolute atomic E-state index is 12.1. The molecule has 4 rings (SSSR count). The van der Waals surface area contributed by atoms with Crippen molar-refractivity contribution in [3.63, 3.8) is 0 Å². The van der Waals surface area contributed by atoms with Crippen LogP contribution >= 0.6 is 23.2 Å². The Bertz CT molecular complexity index is 2060. The first-order valence-electron chi connectivity index (χ1n) is 11.5. The van der Waals surface area contributed by atoms with Crippen molar-refractivity contribution in [3.05, 3.63) is 84.6 Å². The van der Waals surface area contributed by atoms with Gasteiger partial charge < -0.3 is 16.0 Å². The summed E-state index contributed by atoms with van der Waals surface area (Å²) < 4.78 is 66.1. The fourth-order valence-electron chi connectivity index (χ4n) is 3.76. The fourth-order valence-corrected chi connectivity index (χ4v) is 5.48. The molecule has 1 heterocycles. The van der Waals surface area contributed by atoms with Gasteiger partial charge >= 0.3 is 0 Å². The average molecular weight is 687 g/mol. The van der Waals surface area contributed by atoms with Crippen LogP contribution in [0.4, 0.5) is 46.0 Å². The molecule has 3 aromatic carbocycles. The molecule has 4 aromatic rings. The van der Waals surface area contributed by atoms with Gasteiger partial charge in [0.15, 0.2) is 0 Å². The van der Waals surface area contributed by atoms with E-state index >= 15 is 0 Å². The zero-order chi connectivity index (χ0) is 32.6. The van der Waals surface area contributed by atoms with Crippen molar-refractivity contribution in [2.45, 2.75) is 16.7 Å². The topological polar surface area (TPSA) is 270 Å². The summed E-state index contributed by atoms with van der Waals surface area (Å²) in [5.74, 6) is -0.532. The molecule has 0 amide bonds. The van der Waals surface area contributed by atoms with Gasteiger partial charge in [0, 0.05) is 11.4 Å². The van der Waals surface area contributed by atoms with E-state index in [2.05, 4.69) is 30.9 Å². The molecule has 0 unspecified atom stereocenters. The minimum Gasteiger partial charge on any atom is -0.350 e. The van der Waals surface area contributed by atoms with Crippen LogP contribution in [-0.2, 0) is 20.2 Å². The Labute approximate surface area is 256 Å². The number of rotatable bonds is 10. The van der Waals surface area contributed by atoms with Crippen molar-refractivity contribution >= 4 is 89.5 Å². The summed E-state index contributed by atoms with van der Waals surface area (Å²) in [5, 5.41) is 29.9. The van der Waals surface area contributed by atoms with E-state index in [1.165, 1.54) is 19.1 Å². The summed E-state index contributed by atoms with van der Waals surface area (Å²) in [6.45, 7) is 1.43. The van der Waals surface area contributed by atoms with Crippen LogP contribution in [0.25, 0.3) is 0 Å². The summed E-state index contributed by atoms with van der Waals surface area (Å²) in [4.78, 5) is 31.8. The normalized spacial score (nSPS) is 11.6. The van der Waals surface area contributed by atoms with E-state index in [0.29, 0.717) is 6.07 Å². The molecule has 0 saturated carbocycles. The number of nitrogens with one attached hydrogen (secondary N) is 3. The second kappa shape index (κ2) is 12.1. The minimum absolute atomic E-state index is 0.000761. The molecule has 0 saturated heterocycles. The van der Waals surface area contributed by atoms with Gasteiger partial charge in [0.25, 0.3) is 31.6 Å². The molecule has 230 valence electrons. The Morgan fingerprint density at radius 2 is 1.25 bits per heavy atom. The quantitative estimate of drug-likeness (QED) is 0.0831. The van der Waals surface area contributed by atoms with Crippen LogP contribution in [-0.4, -0.2) is 50.7 Å². The fraction of sp³-hybridized carbons (Fsp3) is 0.0455. The Morgan fingerprint density at radius 3 is 1.80 bits per heavy atom. The first-order chi connectivity index (χ1) is 20.4. The number of nitro groups is 2. The Kier molecular flexibility index (Phi) is 8.86. The van der Waals surface area contributed by atoms with E-state index in [1.54, 1.807) is 0 Å². The largest absolute Gasteiger partial charge is 0.350 e. The number of nitro benzene ring substituents is 2. The van der Waals surface area contributed by atoms with Gasteiger partial charge in [-0.05, 0) is 66.6 Å². The maximum atomic E-state index is 12.1. The molecule has 0 aliphatic rings. The van der Waals surface area contributed by atoms with E-state index in [4.69, 9.17) is 23.2 Å². The summed E-state index contributed by atoms with van der Waals surface area (Å²) in [6.07, 6.45) is 0. The highest BCUT2D eigenvalue weighted by Crippen LogP contribution is 2.38. The number of halogens is 2. The van der Waals surface area contributed by atoms with Crippen molar-refractivity contribution in [1.29, 1.82) is 0 Å². The lowest BCUT2D eigenvalue weighted by molar-refractivity contribution is -0.393. The summed E-state index contributed by atoms with van der Waals surface area (Å²) in [7, 11) is -9.33. The number of aromatic nitrogens is 3.